The number of hydrogen-bond donors (Lipinski definition) is 1. The molecule has 0 aliphatic carbocycles. The number of halogens is 1. The van der Waals surface area contributed by atoms with Gasteiger partial charge in [-0.25, -0.2) is 9.78 Å². The van der Waals surface area contributed by atoms with Crippen LogP contribution in [-0.4, -0.2) is 36.6 Å². The minimum atomic E-state index is -0.497. The molecule has 1 amide bonds. The standard InChI is InChI=1S/C19H23ClN2O4S/c1-4-25-17(23)10-26-16-6-5-13(20)9-15(16)18(24)21-8-7-14-11-27-19(22-14)12(2)3/h5-6,9,11-12H,4,7-8,10H2,1-3H3,(H,21,24). The predicted octanol–water partition coefficient (Wildman–Crippen LogP) is 3.83. The van der Waals surface area contributed by atoms with Crippen LogP contribution >= 0.6 is 22.9 Å². The largest absolute Gasteiger partial charge is 0.481 e. The van der Waals surface area contributed by atoms with E-state index in [1.807, 2.05) is 5.38 Å². The minimum absolute atomic E-state index is 0.269. The van der Waals surface area contributed by atoms with Gasteiger partial charge in [-0.05, 0) is 25.1 Å². The van der Waals surface area contributed by atoms with Gasteiger partial charge in [-0.2, -0.15) is 0 Å². The summed E-state index contributed by atoms with van der Waals surface area (Å²) in [6.45, 7) is 6.34. The Balaban J connectivity index is 1.95. The van der Waals surface area contributed by atoms with Gasteiger partial charge in [-0.15, -0.1) is 11.3 Å². The van der Waals surface area contributed by atoms with Gasteiger partial charge in [0, 0.05) is 29.3 Å². The highest BCUT2D eigenvalue weighted by atomic mass is 35.5. The number of amides is 1. The Hall–Kier alpha value is -2.12. The van der Waals surface area contributed by atoms with E-state index in [-0.39, 0.29) is 30.4 Å². The van der Waals surface area contributed by atoms with Crippen molar-refractivity contribution in [3.63, 3.8) is 0 Å². The molecule has 1 heterocycles. The number of esters is 1. The van der Waals surface area contributed by atoms with Gasteiger partial charge in [-0.3, -0.25) is 4.79 Å². The lowest BCUT2D eigenvalue weighted by Crippen LogP contribution is -2.26. The number of benzene rings is 1. The van der Waals surface area contributed by atoms with Gasteiger partial charge < -0.3 is 14.8 Å². The smallest absolute Gasteiger partial charge is 0.344 e. The molecule has 146 valence electrons. The van der Waals surface area contributed by atoms with Crippen molar-refractivity contribution >= 4 is 34.8 Å². The van der Waals surface area contributed by atoms with Gasteiger partial charge in [0.2, 0.25) is 0 Å². The number of rotatable bonds is 9. The summed E-state index contributed by atoms with van der Waals surface area (Å²) in [7, 11) is 0. The van der Waals surface area contributed by atoms with Crippen LogP contribution in [0.4, 0.5) is 0 Å². The zero-order chi connectivity index (χ0) is 19.8. The van der Waals surface area contributed by atoms with Gasteiger partial charge in [-0.1, -0.05) is 25.4 Å². The van der Waals surface area contributed by atoms with Crippen molar-refractivity contribution in [1.82, 2.24) is 10.3 Å². The molecule has 0 atom stereocenters. The van der Waals surface area contributed by atoms with E-state index in [4.69, 9.17) is 21.1 Å². The Labute approximate surface area is 167 Å². The topological polar surface area (TPSA) is 77.5 Å². The maximum Gasteiger partial charge on any atom is 0.344 e. The first-order valence-electron chi connectivity index (χ1n) is 8.71. The molecular formula is C19H23ClN2O4S. The van der Waals surface area contributed by atoms with Crippen molar-refractivity contribution in [3.05, 3.63) is 44.9 Å². The average Bonchev–Trinajstić information content (AvgIpc) is 3.10. The van der Waals surface area contributed by atoms with Crippen LogP contribution in [0.15, 0.2) is 23.6 Å². The third-order valence-electron chi connectivity index (χ3n) is 3.57. The summed E-state index contributed by atoms with van der Waals surface area (Å²) >= 11 is 7.63. The van der Waals surface area contributed by atoms with Gasteiger partial charge in [0.05, 0.1) is 22.9 Å². The number of ether oxygens (including phenoxy) is 2. The molecule has 0 saturated carbocycles. The molecule has 27 heavy (non-hydrogen) atoms. The number of carbonyl (C=O) groups excluding carboxylic acids is 2. The lowest BCUT2D eigenvalue weighted by atomic mass is 10.2. The fraction of sp³-hybridized carbons (Fsp3) is 0.421. The summed E-state index contributed by atoms with van der Waals surface area (Å²) in [5.74, 6) is -0.149. The minimum Gasteiger partial charge on any atom is -0.481 e. The van der Waals surface area contributed by atoms with Crippen molar-refractivity contribution in [3.8, 4) is 5.75 Å². The highest BCUT2D eigenvalue weighted by Crippen LogP contribution is 2.23. The highest BCUT2D eigenvalue weighted by molar-refractivity contribution is 7.09. The van der Waals surface area contributed by atoms with Crippen molar-refractivity contribution in [2.45, 2.75) is 33.1 Å². The second-order valence-corrected chi connectivity index (χ2v) is 7.40. The highest BCUT2D eigenvalue weighted by Gasteiger charge is 2.15. The molecule has 2 aromatic rings. The maximum absolute atomic E-state index is 12.5. The molecule has 0 aliphatic rings. The molecule has 1 N–H and O–H groups in total. The fourth-order valence-corrected chi connectivity index (χ4v) is 3.29. The van der Waals surface area contributed by atoms with Crippen LogP contribution in [0, 0.1) is 0 Å². The number of hydrogen-bond acceptors (Lipinski definition) is 6. The van der Waals surface area contributed by atoms with E-state index < -0.39 is 5.97 Å². The third-order valence-corrected chi connectivity index (χ3v) is 5.00. The molecule has 0 fully saturated rings. The van der Waals surface area contributed by atoms with Crippen LogP contribution < -0.4 is 10.1 Å². The third kappa shape index (κ3) is 6.52. The van der Waals surface area contributed by atoms with E-state index in [0.29, 0.717) is 23.9 Å². The lowest BCUT2D eigenvalue weighted by Gasteiger charge is -2.11. The van der Waals surface area contributed by atoms with Gasteiger partial charge >= 0.3 is 5.97 Å². The molecular weight excluding hydrogens is 388 g/mol. The van der Waals surface area contributed by atoms with Crippen molar-refractivity contribution in [2.75, 3.05) is 19.8 Å². The first kappa shape index (κ1) is 21.2. The van der Waals surface area contributed by atoms with E-state index >= 15 is 0 Å². The molecule has 1 aromatic heterocycles. The summed E-state index contributed by atoms with van der Waals surface area (Å²) < 4.78 is 10.2. The van der Waals surface area contributed by atoms with E-state index in [1.165, 1.54) is 6.07 Å². The number of aromatic nitrogens is 1. The molecule has 0 bridgehead atoms. The summed E-state index contributed by atoms with van der Waals surface area (Å²) in [6, 6.07) is 4.67. The first-order chi connectivity index (χ1) is 12.9. The fourth-order valence-electron chi connectivity index (χ4n) is 2.25. The summed E-state index contributed by atoms with van der Waals surface area (Å²) in [4.78, 5) is 28.5. The molecule has 0 unspecified atom stereocenters. The van der Waals surface area contributed by atoms with Gasteiger partial charge in [0.15, 0.2) is 6.61 Å². The van der Waals surface area contributed by atoms with Crippen LogP contribution in [-0.2, 0) is 16.0 Å². The van der Waals surface area contributed by atoms with E-state index in [2.05, 4.69) is 24.1 Å². The quantitative estimate of drug-likeness (QED) is 0.635. The molecule has 8 heteroatoms. The summed E-state index contributed by atoms with van der Waals surface area (Å²) in [6.07, 6.45) is 0.633. The average molecular weight is 411 g/mol. The molecule has 6 nitrogen and oxygen atoms in total. The lowest BCUT2D eigenvalue weighted by molar-refractivity contribution is -0.145. The summed E-state index contributed by atoms with van der Waals surface area (Å²) in [5, 5.41) is 6.34. The van der Waals surface area contributed by atoms with Crippen LogP contribution in [0.3, 0.4) is 0 Å². The zero-order valence-corrected chi connectivity index (χ0v) is 17.2. The van der Waals surface area contributed by atoms with Crippen LogP contribution in [0.1, 0.15) is 47.7 Å². The Morgan fingerprint density at radius 3 is 2.78 bits per heavy atom. The van der Waals surface area contributed by atoms with E-state index in [9.17, 15) is 9.59 Å². The number of carbonyl (C=O) groups is 2. The molecule has 1 aromatic carbocycles. The predicted molar refractivity (Wildman–Crippen MR) is 106 cm³/mol. The Morgan fingerprint density at radius 2 is 2.11 bits per heavy atom. The maximum atomic E-state index is 12.5. The van der Waals surface area contributed by atoms with Crippen LogP contribution in [0.2, 0.25) is 5.02 Å². The Morgan fingerprint density at radius 1 is 1.33 bits per heavy atom. The zero-order valence-electron chi connectivity index (χ0n) is 15.6. The second-order valence-electron chi connectivity index (χ2n) is 6.07. The van der Waals surface area contributed by atoms with Gasteiger partial charge in [0.25, 0.3) is 5.91 Å². The molecule has 0 radical (unpaired) electrons. The van der Waals surface area contributed by atoms with Crippen molar-refractivity contribution < 1.29 is 19.1 Å². The Kier molecular flexibility index (Phi) is 8.06. The number of nitrogens with zero attached hydrogens (tertiary/aromatic N) is 1. The normalized spacial score (nSPS) is 10.7. The molecule has 0 saturated heterocycles. The number of thiazole rings is 1. The Bertz CT molecular complexity index is 792. The molecule has 0 aliphatic heterocycles. The monoisotopic (exact) mass is 410 g/mol. The SMILES string of the molecule is CCOC(=O)COc1ccc(Cl)cc1C(=O)NCCc1csc(C(C)C)n1. The van der Waals surface area contributed by atoms with Crippen molar-refractivity contribution in [2.24, 2.45) is 0 Å². The van der Waals surface area contributed by atoms with Crippen molar-refractivity contribution in [1.29, 1.82) is 0 Å². The van der Waals surface area contributed by atoms with E-state index in [0.717, 1.165) is 10.7 Å². The number of nitrogens with one attached hydrogen (secondary N) is 1. The molecule has 2 rings (SSSR count). The van der Waals surface area contributed by atoms with E-state index in [1.54, 1.807) is 30.4 Å². The van der Waals surface area contributed by atoms with Crippen LogP contribution in [0.5, 0.6) is 5.75 Å². The van der Waals surface area contributed by atoms with Gasteiger partial charge in [0.1, 0.15) is 5.75 Å². The first-order valence-corrected chi connectivity index (χ1v) is 9.97. The molecule has 0 spiro atoms. The second kappa shape index (κ2) is 10.3. The summed E-state index contributed by atoms with van der Waals surface area (Å²) in [5.41, 5.74) is 1.22. The van der Waals surface area contributed by atoms with Crippen LogP contribution in [0.25, 0.3) is 0 Å².